The number of hydrogen-bond acceptors (Lipinski definition) is 7. The molecule has 0 spiro atoms. The maximum absolute atomic E-state index is 12.7. The topological polar surface area (TPSA) is 91.8 Å². The summed E-state index contributed by atoms with van der Waals surface area (Å²) >= 11 is 2.75. The van der Waals surface area contributed by atoms with Gasteiger partial charge in [0.2, 0.25) is 11.8 Å². The third-order valence-corrected chi connectivity index (χ3v) is 6.99. The molecule has 0 fully saturated rings. The van der Waals surface area contributed by atoms with Gasteiger partial charge in [-0.05, 0) is 50.3 Å². The second kappa shape index (κ2) is 8.80. The van der Waals surface area contributed by atoms with E-state index in [2.05, 4.69) is 21.6 Å². The first kappa shape index (κ1) is 19.7. The Labute approximate surface area is 177 Å². The molecule has 3 aromatic rings. The molecule has 1 amide bonds. The lowest BCUT2D eigenvalue weighted by molar-refractivity contribution is -0.115. The maximum atomic E-state index is 12.7. The summed E-state index contributed by atoms with van der Waals surface area (Å²) in [6.07, 6.45) is 5.33. The second-order valence-corrected chi connectivity index (χ2v) is 9.27. The normalized spacial score (nSPS) is 14.5. The highest BCUT2D eigenvalue weighted by Gasteiger charge is 2.24. The minimum atomic E-state index is -0.437. The molecular weight excluding hydrogens is 404 g/mol. The fourth-order valence-electron chi connectivity index (χ4n) is 3.32. The highest BCUT2D eigenvalue weighted by Crippen LogP contribution is 2.37. The first-order chi connectivity index (χ1) is 14.2. The predicted molar refractivity (Wildman–Crippen MR) is 114 cm³/mol. The molecule has 1 aromatic carbocycles. The Morgan fingerprint density at radius 2 is 2.03 bits per heavy atom. The zero-order valence-electron chi connectivity index (χ0n) is 16.0. The van der Waals surface area contributed by atoms with Gasteiger partial charge in [-0.25, -0.2) is 0 Å². The highest BCUT2D eigenvalue weighted by molar-refractivity contribution is 8.00. The average Bonchev–Trinajstić information content (AvgIpc) is 3.25. The quantitative estimate of drug-likeness (QED) is 0.455. The van der Waals surface area contributed by atoms with Crippen LogP contribution >= 0.6 is 23.1 Å². The number of nitrogens with zero attached hydrogens (tertiary/aromatic N) is 3. The number of aryl methyl sites for hydroxylation is 1. The highest BCUT2D eigenvalue weighted by atomic mass is 32.2. The van der Waals surface area contributed by atoms with E-state index in [-0.39, 0.29) is 5.91 Å². The summed E-state index contributed by atoms with van der Waals surface area (Å²) in [5, 5.41) is 21.2. The maximum Gasteiger partial charge on any atom is 0.277 e. The number of benzene rings is 1. The third kappa shape index (κ3) is 4.36. The van der Waals surface area contributed by atoms with Gasteiger partial charge in [0.15, 0.2) is 0 Å². The van der Waals surface area contributed by atoms with Crippen molar-refractivity contribution in [1.29, 1.82) is 5.26 Å². The zero-order chi connectivity index (χ0) is 20.2. The summed E-state index contributed by atoms with van der Waals surface area (Å²) in [5.74, 6) is 0.247. The smallest absolute Gasteiger partial charge is 0.277 e. The number of fused-ring (bicyclic) bond motifs is 1. The lowest BCUT2D eigenvalue weighted by Gasteiger charge is -2.09. The number of thioether (sulfide) groups is 1. The van der Waals surface area contributed by atoms with Gasteiger partial charge in [0, 0.05) is 10.4 Å². The molecule has 2 aromatic heterocycles. The summed E-state index contributed by atoms with van der Waals surface area (Å²) in [4.78, 5) is 14.0. The number of hydrogen-bond donors (Lipinski definition) is 1. The van der Waals surface area contributed by atoms with E-state index >= 15 is 0 Å². The van der Waals surface area contributed by atoms with E-state index in [4.69, 9.17) is 4.42 Å². The number of nitriles is 1. The predicted octanol–water partition coefficient (Wildman–Crippen LogP) is 5.06. The minimum Gasteiger partial charge on any atom is -0.411 e. The summed E-state index contributed by atoms with van der Waals surface area (Å²) < 4.78 is 5.68. The lowest BCUT2D eigenvalue weighted by atomic mass is 10.1. The molecule has 1 aliphatic rings. The minimum absolute atomic E-state index is 0.178. The van der Waals surface area contributed by atoms with Gasteiger partial charge in [0.1, 0.15) is 11.1 Å². The Morgan fingerprint density at radius 1 is 1.24 bits per heavy atom. The summed E-state index contributed by atoms with van der Waals surface area (Å²) in [6.45, 7) is 1.79. The van der Waals surface area contributed by atoms with Crippen LogP contribution in [-0.4, -0.2) is 21.4 Å². The van der Waals surface area contributed by atoms with Gasteiger partial charge in [-0.1, -0.05) is 36.4 Å². The van der Waals surface area contributed by atoms with Crippen LogP contribution in [-0.2, 0) is 17.6 Å². The molecule has 0 saturated heterocycles. The molecule has 0 radical (unpaired) electrons. The second-order valence-electron chi connectivity index (χ2n) is 6.87. The van der Waals surface area contributed by atoms with Crippen LogP contribution in [0.25, 0.3) is 11.5 Å². The fourth-order valence-corrected chi connectivity index (χ4v) is 5.25. The number of aromatic nitrogens is 2. The Bertz CT molecular complexity index is 1050. The van der Waals surface area contributed by atoms with Gasteiger partial charge in [-0.3, -0.25) is 4.79 Å². The van der Waals surface area contributed by atoms with E-state index in [9.17, 15) is 10.1 Å². The van der Waals surface area contributed by atoms with Crippen molar-refractivity contribution < 1.29 is 9.21 Å². The van der Waals surface area contributed by atoms with Crippen LogP contribution in [0.1, 0.15) is 42.2 Å². The Morgan fingerprint density at radius 3 is 2.83 bits per heavy atom. The number of carbonyl (C=O) groups excluding carboxylic acids is 1. The number of nitrogens with one attached hydrogen (secondary N) is 1. The molecule has 1 N–H and O–H groups in total. The van der Waals surface area contributed by atoms with Crippen molar-refractivity contribution in [2.75, 3.05) is 5.32 Å². The van der Waals surface area contributed by atoms with Crippen molar-refractivity contribution in [2.24, 2.45) is 0 Å². The molecule has 148 valence electrons. The molecule has 2 heterocycles. The van der Waals surface area contributed by atoms with Crippen molar-refractivity contribution in [3.05, 3.63) is 46.3 Å². The molecule has 0 bridgehead atoms. The Hall–Kier alpha value is -2.63. The van der Waals surface area contributed by atoms with Crippen molar-refractivity contribution in [2.45, 2.75) is 49.5 Å². The monoisotopic (exact) mass is 424 g/mol. The SMILES string of the molecule is CC(Sc1nnc(-c2ccccc2)o1)C(=O)Nc1sc2c(c1C#N)CCCCC2. The van der Waals surface area contributed by atoms with Gasteiger partial charge in [0.25, 0.3) is 5.22 Å². The summed E-state index contributed by atoms with van der Waals surface area (Å²) in [6, 6.07) is 11.8. The van der Waals surface area contributed by atoms with Crippen molar-refractivity contribution in [1.82, 2.24) is 10.2 Å². The van der Waals surface area contributed by atoms with Gasteiger partial charge in [-0.15, -0.1) is 21.5 Å². The number of rotatable bonds is 5. The molecule has 29 heavy (non-hydrogen) atoms. The molecule has 8 heteroatoms. The lowest BCUT2D eigenvalue weighted by Crippen LogP contribution is -2.22. The molecule has 0 aliphatic heterocycles. The Balaban J connectivity index is 1.44. The van der Waals surface area contributed by atoms with Crippen LogP contribution in [0.5, 0.6) is 0 Å². The van der Waals surface area contributed by atoms with E-state index < -0.39 is 5.25 Å². The largest absolute Gasteiger partial charge is 0.411 e. The molecule has 1 aliphatic carbocycles. The van der Waals surface area contributed by atoms with Gasteiger partial charge in [-0.2, -0.15) is 5.26 Å². The van der Waals surface area contributed by atoms with Crippen LogP contribution in [0, 0.1) is 11.3 Å². The molecule has 1 atom stereocenters. The molecule has 0 saturated carbocycles. The van der Waals surface area contributed by atoms with E-state index in [1.807, 2.05) is 30.3 Å². The van der Waals surface area contributed by atoms with Crippen LogP contribution in [0.2, 0.25) is 0 Å². The number of carbonyl (C=O) groups is 1. The Kier molecular flexibility index (Phi) is 5.97. The third-order valence-electron chi connectivity index (χ3n) is 4.84. The van der Waals surface area contributed by atoms with Crippen LogP contribution in [0.4, 0.5) is 5.00 Å². The van der Waals surface area contributed by atoms with Gasteiger partial charge >= 0.3 is 0 Å². The van der Waals surface area contributed by atoms with Crippen molar-refractivity contribution >= 4 is 34.0 Å². The van der Waals surface area contributed by atoms with Crippen LogP contribution in [0.15, 0.2) is 40.0 Å². The zero-order valence-corrected chi connectivity index (χ0v) is 17.6. The van der Waals surface area contributed by atoms with Gasteiger partial charge < -0.3 is 9.73 Å². The number of thiophene rings is 1. The standard InChI is InChI=1S/C21H20N4O2S2/c1-13(28-21-25-24-19(27-21)14-8-4-2-5-9-14)18(26)23-20-16(12-22)15-10-6-3-7-11-17(15)29-20/h2,4-5,8-9,13H,3,6-7,10-11H2,1H3,(H,23,26). The molecule has 1 unspecified atom stereocenters. The van der Waals surface area contributed by atoms with Crippen molar-refractivity contribution in [3.8, 4) is 17.5 Å². The fraction of sp³-hybridized carbons (Fsp3) is 0.333. The van der Waals surface area contributed by atoms with Crippen molar-refractivity contribution in [3.63, 3.8) is 0 Å². The molecule has 4 rings (SSSR count). The number of amides is 1. The van der Waals surface area contributed by atoms with Gasteiger partial charge in [0.05, 0.1) is 10.8 Å². The number of anilines is 1. The first-order valence-electron chi connectivity index (χ1n) is 9.57. The van der Waals surface area contributed by atoms with E-state index in [1.54, 1.807) is 6.92 Å². The van der Waals surface area contributed by atoms with E-state index in [0.717, 1.165) is 36.8 Å². The summed E-state index contributed by atoms with van der Waals surface area (Å²) in [5.41, 5.74) is 2.58. The van der Waals surface area contributed by atoms with E-state index in [1.165, 1.54) is 34.4 Å². The van der Waals surface area contributed by atoms with E-state index in [0.29, 0.717) is 21.7 Å². The molecular formula is C21H20N4O2S2. The van der Waals surface area contributed by atoms with Crippen LogP contribution < -0.4 is 5.32 Å². The first-order valence-corrected chi connectivity index (χ1v) is 11.3. The molecule has 6 nitrogen and oxygen atoms in total. The van der Waals surface area contributed by atoms with Crippen LogP contribution in [0.3, 0.4) is 0 Å². The average molecular weight is 425 g/mol. The summed E-state index contributed by atoms with van der Waals surface area (Å²) in [7, 11) is 0.